The highest BCUT2D eigenvalue weighted by Gasteiger charge is 2.04. The second-order valence-corrected chi connectivity index (χ2v) is 4.51. The molecule has 0 spiro atoms. The lowest BCUT2D eigenvalue weighted by molar-refractivity contribution is 0.177. The fourth-order valence-corrected chi connectivity index (χ4v) is 2.10. The number of aliphatic hydroxyl groups excluding tert-OH is 1. The Labute approximate surface area is 106 Å². The zero-order chi connectivity index (χ0) is 12.5. The zero-order valence-corrected chi connectivity index (χ0v) is 11.1. The highest BCUT2D eigenvalue weighted by atomic mass is 32.2. The van der Waals surface area contributed by atoms with Gasteiger partial charge >= 0.3 is 0 Å². The summed E-state index contributed by atoms with van der Waals surface area (Å²) >= 11 is 1.62. The van der Waals surface area contributed by atoms with Gasteiger partial charge in [0.05, 0.1) is 0 Å². The summed E-state index contributed by atoms with van der Waals surface area (Å²) in [5.41, 5.74) is 0. The summed E-state index contributed by atoms with van der Waals surface area (Å²) in [5.74, 6) is 2.35. The van der Waals surface area contributed by atoms with Crippen LogP contribution in [0.2, 0.25) is 0 Å². The van der Waals surface area contributed by atoms with E-state index in [2.05, 4.69) is 15.3 Å². The van der Waals surface area contributed by atoms with Crippen LogP contribution >= 0.6 is 11.8 Å². The predicted molar refractivity (Wildman–Crippen MR) is 69.3 cm³/mol. The lowest BCUT2D eigenvalue weighted by Crippen LogP contribution is -2.05. The molecule has 6 heteroatoms. The molecular weight excluding hydrogens is 238 g/mol. The van der Waals surface area contributed by atoms with E-state index in [1.807, 2.05) is 13.0 Å². The van der Waals surface area contributed by atoms with Gasteiger partial charge in [-0.15, -0.1) is 11.8 Å². The lowest BCUT2D eigenvalue weighted by atomic mass is 10.5. The van der Waals surface area contributed by atoms with Gasteiger partial charge in [-0.3, -0.25) is 0 Å². The predicted octanol–water partition coefficient (Wildman–Crippen LogP) is 1.53. The molecule has 1 aromatic rings. The third kappa shape index (κ3) is 5.34. The molecular formula is C11H19N3O2S. The summed E-state index contributed by atoms with van der Waals surface area (Å²) in [4.78, 5) is 8.71. The molecule has 1 aromatic heterocycles. The Morgan fingerprint density at radius 2 is 2.29 bits per heavy atom. The van der Waals surface area contributed by atoms with Crippen LogP contribution in [0, 0.1) is 0 Å². The fourth-order valence-electron chi connectivity index (χ4n) is 1.25. The van der Waals surface area contributed by atoms with Gasteiger partial charge in [0.15, 0.2) is 5.82 Å². The number of rotatable bonds is 8. The molecule has 1 heterocycles. The van der Waals surface area contributed by atoms with E-state index in [1.54, 1.807) is 18.9 Å². The number of aromatic nitrogens is 2. The van der Waals surface area contributed by atoms with Gasteiger partial charge in [0.2, 0.25) is 0 Å². The van der Waals surface area contributed by atoms with Crippen LogP contribution in [0.5, 0.6) is 0 Å². The molecule has 0 fully saturated rings. The summed E-state index contributed by atoms with van der Waals surface area (Å²) in [6, 6.07) is 1.92. The van der Waals surface area contributed by atoms with Crippen LogP contribution in [0.1, 0.15) is 19.2 Å². The number of thioether (sulfide) groups is 1. The number of hydrogen-bond acceptors (Lipinski definition) is 6. The van der Waals surface area contributed by atoms with Crippen molar-refractivity contribution in [3.63, 3.8) is 0 Å². The Hall–Kier alpha value is -0.850. The quantitative estimate of drug-likeness (QED) is 0.418. The van der Waals surface area contributed by atoms with Crippen LogP contribution in [0.4, 0.5) is 5.82 Å². The molecule has 0 atom stereocenters. The monoisotopic (exact) mass is 257 g/mol. The molecule has 0 saturated heterocycles. The fraction of sp³-hybridized carbons (Fsp3) is 0.636. The van der Waals surface area contributed by atoms with Crippen LogP contribution < -0.4 is 5.32 Å². The van der Waals surface area contributed by atoms with Gasteiger partial charge in [-0.1, -0.05) is 0 Å². The molecule has 0 saturated carbocycles. The minimum absolute atomic E-state index is 0.211. The molecule has 0 amide bonds. The Kier molecular flexibility index (Phi) is 6.91. The van der Waals surface area contributed by atoms with Crippen molar-refractivity contribution in [1.82, 2.24) is 9.97 Å². The average Bonchev–Trinajstić information content (AvgIpc) is 2.30. The molecule has 1 rings (SSSR count). The maximum Gasteiger partial charge on any atom is 0.157 e. The SMILES string of the molecule is CCNc1cc(SCCCO)nc(COC)n1. The molecule has 0 aliphatic heterocycles. The van der Waals surface area contributed by atoms with Gasteiger partial charge in [0, 0.05) is 32.1 Å². The van der Waals surface area contributed by atoms with Crippen molar-refractivity contribution in [2.75, 3.05) is 31.3 Å². The van der Waals surface area contributed by atoms with Crippen molar-refractivity contribution in [2.45, 2.75) is 25.0 Å². The van der Waals surface area contributed by atoms with Crippen molar-refractivity contribution in [1.29, 1.82) is 0 Å². The summed E-state index contributed by atoms with van der Waals surface area (Å²) in [7, 11) is 1.63. The smallest absolute Gasteiger partial charge is 0.157 e. The molecule has 0 aromatic carbocycles. The van der Waals surface area contributed by atoms with Crippen LogP contribution in [-0.4, -0.2) is 41.1 Å². The molecule has 96 valence electrons. The highest BCUT2D eigenvalue weighted by molar-refractivity contribution is 7.99. The molecule has 17 heavy (non-hydrogen) atoms. The lowest BCUT2D eigenvalue weighted by Gasteiger charge is -2.08. The van der Waals surface area contributed by atoms with Crippen LogP contribution in [-0.2, 0) is 11.3 Å². The van der Waals surface area contributed by atoms with E-state index in [-0.39, 0.29) is 6.61 Å². The van der Waals surface area contributed by atoms with Crippen molar-refractivity contribution < 1.29 is 9.84 Å². The van der Waals surface area contributed by atoms with Crippen molar-refractivity contribution in [3.8, 4) is 0 Å². The summed E-state index contributed by atoms with van der Waals surface area (Å²) in [6.07, 6.45) is 0.769. The number of hydrogen-bond donors (Lipinski definition) is 2. The van der Waals surface area contributed by atoms with Gasteiger partial charge in [-0.2, -0.15) is 0 Å². The van der Waals surface area contributed by atoms with Crippen LogP contribution in [0.25, 0.3) is 0 Å². The van der Waals surface area contributed by atoms with Gasteiger partial charge < -0.3 is 15.2 Å². The third-order valence-electron chi connectivity index (χ3n) is 1.93. The molecule has 0 bridgehead atoms. The van der Waals surface area contributed by atoms with Gasteiger partial charge in [-0.25, -0.2) is 9.97 Å². The standard InChI is InChI=1S/C11H19N3O2S/c1-3-12-9-7-11(17-6-4-5-15)14-10(13-9)8-16-2/h7,15H,3-6,8H2,1-2H3,(H,12,13,14). The molecule has 0 aliphatic carbocycles. The van der Waals surface area contributed by atoms with Gasteiger partial charge in [0.25, 0.3) is 0 Å². The maximum absolute atomic E-state index is 8.74. The van der Waals surface area contributed by atoms with Crippen molar-refractivity contribution >= 4 is 17.6 Å². The second kappa shape index (κ2) is 8.27. The highest BCUT2D eigenvalue weighted by Crippen LogP contribution is 2.19. The van der Waals surface area contributed by atoms with Crippen molar-refractivity contribution in [3.05, 3.63) is 11.9 Å². The normalized spacial score (nSPS) is 10.5. The third-order valence-corrected chi connectivity index (χ3v) is 2.93. The topological polar surface area (TPSA) is 67.3 Å². The van der Waals surface area contributed by atoms with E-state index in [4.69, 9.17) is 9.84 Å². The molecule has 2 N–H and O–H groups in total. The first-order chi connectivity index (χ1) is 8.30. The molecule has 5 nitrogen and oxygen atoms in total. The number of ether oxygens (including phenoxy) is 1. The first-order valence-electron chi connectivity index (χ1n) is 5.64. The minimum atomic E-state index is 0.211. The van der Waals surface area contributed by atoms with Gasteiger partial charge in [-0.05, 0) is 13.3 Å². The average molecular weight is 257 g/mol. The van der Waals surface area contributed by atoms with E-state index in [0.29, 0.717) is 12.4 Å². The summed E-state index contributed by atoms with van der Waals surface area (Å²) < 4.78 is 5.04. The summed E-state index contributed by atoms with van der Waals surface area (Å²) in [6.45, 7) is 3.47. The van der Waals surface area contributed by atoms with Crippen molar-refractivity contribution in [2.24, 2.45) is 0 Å². The number of nitrogens with one attached hydrogen (secondary N) is 1. The Morgan fingerprint density at radius 1 is 1.47 bits per heavy atom. The van der Waals surface area contributed by atoms with E-state index in [9.17, 15) is 0 Å². The molecule has 0 aliphatic rings. The number of methoxy groups -OCH3 is 1. The van der Waals surface area contributed by atoms with Gasteiger partial charge in [0.1, 0.15) is 17.5 Å². The Balaban J connectivity index is 2.72. The van der Waals surface area contributed by atoms with E-state index < -0.39 is 0 Å². The first kappa shape index (κ1) is 14.2. The second-order valence-electron chi connectivity index (χ2n) is 3.40. The minimum Gasteiger partial charge on any atom is -0.396 e. The largest absolute Gasteiger partial charge is 0.396 e. The van der Waals surface area contributed by atoms with Crippen LogP contribution in [0.15, 0.2) is 11.1 Å². The number of aliphatic hydroxyl groups is 1. The first-order valence-corrected chi connectivity index (χ1v) is 6.63. The van der Waals surface area contributed by atoms with E-state index in [0.717, 1.165) is 29.6 Å². The van der Waals surface area contributed by atoms with Crippen LogP contribution in [0.3, 0.4) is 0 Å². The molecule has 0 unspecified atom stereocenters. The van der Waals surface area contributed by atoms with E-state index >= 15 is 0 Å². The number of nitrogens with zero attached hydrogens (tertiary/aromatic N) is 2. The zero-order valence-electron chi connectivity index (χ0n) is 10.3. The Bertz CT molecular complexity index is 312. The number of anilines is 1. The van der Waals surface area contributed by atoms with E-state index in [1.165, 1.54) is 0 Å². The maximum atomic E-state index is 8.74. The summed E-state index contributed by atoms with van der Waals surface area (Å²) in [5, 5.41) is 12.8. The molecule has 0 radical (unpaired) electrons. The Morgan fingerprint density at radius 3 is 2.94 bits per heavy atom.